The van der Waals surface area contributed by atoms with E-state index in [1.165, 1.54) is 52.0 Å². The summed E-state index contributed by atoms with van der Waals surface area (Å²) in [5.74, 6) is -0.460. The predicted molar refractivity (Wildman–Crippen MR) is 158 cm³/mol. The number of benzene rings is 2. The van der Waals surface area contributed by atoms with Gasteiger partial charge in [-0.25, -0.2) is 0 Å². The van der Waals surface area contributed by atoms with Crippen LogP contribution in [0.5, 0.6) is 0 Å². The van der Waals surface area contributed by atoms with Gasteiger partial charge in [0.15, 0.2) is 5.71 Å². The Bertz CT molecular complexity index is 1690. The zero-order chi connectivity index (χ0) is 27.5. The lowest BCUT2D eigenvalue weighted by molar-refractivity contribution is -0.432. The number of likely N-dealkylation sites (N-methyl/N-ethyl adjacent to an activating group) is 1. The monoisotopic (exact) mass is 542 g/mol. The van der Waals surface area contributed by atoms with Crippen molar-refractivity contribution in [3.8, 4) is 0 Å². The molecule has 3 heterocycles. The number of fused-ring (bicyclic) bond motifs is 4. The van der Waals surface area contributed by atoms with E-state index in [0.29, 0.717) is 21.2 Å². The highest BCUT2D eigenvalue weighted by Gasteiger charge is 2.44. The third-order valence-electron chi connectivity index (χ3n) is 8.88. The van der Waals surface area contributed by atoms with Crippen molar-refractivity contribution in [3.63, 3.8) is 0 Å². The third kappa shape index (κ3) is 4.09. The maximum Gasteiger partial charge on any atom is 0.323 e. The van der Waals surface area contributed by atoms with Crippen molar-refractivity contribution >= 4 is 46.5 Å². The van der Waals surface area contributed by atoms with Gasteiger partial charge in [-0.3, -0.25) is 14.2 Å². The van der Waals surface area contributed by atoms with Gasteiger partial charge in [0.1, 0.15) is 17.8 Å². The molecule has 2 atom stereocenters. The van der Waals surface area contributed by atoms with E-state index in [1.807, 2.05) is 18.2 Å². The zero-order valence-electron chi connectivity index (χ0n) is 23.1. The molecule has 1 N–H and O–H groups in total. The summed E-state index contributed by atoms with van der Waals surface area (Å²) >= 11 is 1.38. The van der Waals surface area contributed by atoms with Crippen molar-refractivity contribution in [1.82, 2.24) is 4.57 Å². The van der Waals surface area contributed by atoms with E-state index in [4.69, 9.17) is 0 Å². The Morgan fingerprint density at radius 1 is 1.15 bits per heavy atom. The second-order valence-corrected chi connectivity index (χ2v) is 12.4. The Balaban J connectivity index is 1.50. The first kappa shape index (κ1) is 25.8. The van der Waals surface area contributed by atoms with E-state index < -0.39 is 5.97 Å². The highest BCUT2D eigenvalue weighted by atomic mass is 32.1. The lowest BCUT2D eigenvalue weighted by Crippen LogP contribution is -2.36. The molecule has 6 nitrogen and oxygen atoms in total. The van der Waals surface area contributed by atoms with E-state index >= 15 is 0 Å². The lowest BCUT2D eigenvalue weighted by atomic mass is 9.81. The summed E-state index contributed by atoms with van der Waals surface area (Å²) in [7, 11) is 0. The summed E-state index contributed by atoms with van der Waals surface area (Å²) in [5, 5.41) is 9.66. The number of aromatic nitrogens is 1. The summed E-state index contributed by atoms with van der Waals surface area (Å²) in [6.07, 6.45) is 7.69. The Kier molecular flexibility index (Phi) is 6.37. The van der Waals surface area contributed by atoms with Gasteiger partial charge in [0.2, 0.25) is 5.69 Å². The Morgan fingerprint density at radius 3 is 2.69 bits per heavy atom. The predicted octanol–water partition coefficient (Wildman–Crippen LogP) is 4.18. The molecule has 2 aliphatic heterocycles. The van der Waals surface area contributed by atoms with E-state index in [2.05, 4.69) is 73.6 Å². The van der Waals surface area contributed by atoms with Gasteiger partial charge in [0.05, 0.1) is 9.95 Å². The second-order valence-electron chi connectivity index (χ2n) is 11.4. The van der Waals surface area contributed by atoms with Crippen LogP contribution in [-0.4, -0.2) is 45.1 Å². The average molecular weight is 543 g/mol. The summed E-state index contributed by atoms with van der Waals surface area (Å²) < 4.78 is 4.91. The summed E-state index contributed by atoms with van der Waals surface area (Å²) in [4.78, 5) is 27.9. The van der Waals surface area contributed by atoms with Gasteiger partial charge in [-0.1, -0.05) is 30.7 Å². The first-order valence-electron chi connectivity index (χ1n) is 14.0. The molecule has 1 aromatic heterocycles. The van der Waals surface area contributed by atoms with Gasteiger partial charge in [0.25, 0.3) is 5.56 Å². The summed E-state index contributed by atoms with van der Waals surface area (Å²) in [6.45, 7) is 10.2. The number of nitrogens with zero attached hydrogens (tertiary/aromatic N) is 3. The minimum Gasteiger partial charge on any atom is -0.480 e. The average Bonchev–Trinajstić information content (AvgIpc) is 3.62. The molecule has 1 fully saturated rings. The fourth-order valence-electron chi connectivity index (χ4n) is 7.12. The summed E-state index contributed by atoms with van der Waals surface area (Å²) in [6, 6.07) is 15.5. The van der Waals surface area contributed by atoms with Crippen LogP contribution in [-0.2, 0) is 16.8 Å². The molecule has 202 valence electrons. The molecule has 1 saturated carbocycles. The van der Waals surface area contributed by atoms with E-state index in [-0.39, 0.29) is 17.5 Å². The first-order valence-corrected chi connectivity index (χ1v) is 14.9. The van der Waals surface area contributed by atoms with Crippen molar-refractivity contribution in [1.29, 1.82) is 0 Å². The molecule has 6 rings (SSSR count). The number of carboxylic acids is 1. The number of anilines is 1. The number of para-hydroxylation sites is 1. The number of aliphatic carboxylic acids is 1. The molecule has 0 saturated heterocycles. The van der Waals surface area contributed by atoms with Crippen LogP contribution >= 0.6 is 11.3 Å². The maximum absolute atomic E-state index is 13.6. The Labute approximate surface area is 232 Å². The third-order valence-corrected chi connectivity index (χ3v) is 9.94. The fourth-order valence-corrected chi connectivity index (χ4v) is 8.17. The maximum atomic E-state index is 13.6. The van der Waals surface area contributed by atoms with Gasteiger partial charge in [-0.15, -0.1) is 11.3 Å². The Morgan fingerprint density at radius 2 is 1.95 bits per heavy atom. The molecule has 0 bridgehead atoms. The van der Waals surface area contributed by atoms with Crippen molar-refractivity contribution in [2.75, 3.05) is 18.0 Å². The van der Waals surface area contributed by atoms with E-state index in [0.717, 1.165) is 30.1 Å². The molecular weight excluding hydrogens is 506 g/mol. The zero-order valence-corrected chi connectivity index (χ0v) is 23.9. The molecule has 0 amide bonds. The van der Waals surface area contributed by atoms with Gasteiger partial charge >= 0.3 is 5.97 Å². The minimum atomic E-state index is -1.02. The minimum absolute atomic E-state index is 0.250. The van der Waals surface area contributed by atoms with Crippen molar-refractivity contribution in [3.05, 3.63) is 78.7 Å². The van der Waals surface area contributed by atoms with Crippen molar-refractivity contribution < 1.29 is 14.5 Å². The van der Waals surface area contributed by atoms with Crippen molar-refractivity contribution in [2.24, 2.45) is 0 Å². The van der Waals surface area contributed by atoms with Crippen LogP contribution in [0.2, 0.25) is 0 Å². The van der Waals surface area contributed by atoms with E-state index in [9.17, 15) is 14.7 Å². The summed E-state index contributed by atoms with van der Waals surface area (Å²) in [5.41, 5.74) is 6.67. The van der Waals surface area contributed by atoms with Crippen LogP contribution in [0, 0.1) is 0 Å². The standard InChI is InChI=1S/C32H35N3O3S/c1-5-33-24-13-9-10-21(24)22-16-20(14-15-25(22)33)17-27-31(38)35(19-30(36)37)29(39-27)18-28-32(3,4)23-11-7-8-12-26(23)34(28)6-2/h7-8,11-12,14-18,21,24H,5-6,9-10,13,19H2,1-4H3/p+1/b27-17+. The molecule has 7 heteroatoms. The number of thiazole rings is 1. The van der Waals surface area contributed by atoms with Crippen LogP contribution < -0.4 is 19.7 Å². The number of carboxylic acid groups (broad SMARTS) is 1. The van der Waals surface area contributed by atoms with Gasteiger partial charge < -0.3 is 10.0 Å². The molecule has 0 radical (unpaired) electrons. The quantitative estimate of drug-likeness (QED) is 0.475. The topological polar surface area (TPSA) is 65.6 Å². The highest BCUT2D eigenvalue weighted by molar-refractivity contribution is 7.07. The smallest absolute Gasteiger partial charge is 0.323 e. The largest absolute Gasteiger partial charge is 0.480 e. The van der Waals surface area contributed by atoms with Crippen LogP contribution in [0.3, 0.4) is 0 Å². The van der Waals surface area contributed by atoms with Crippen LogP contribution in [0.1, 0.15) is 69.6 Å². The van der Waals surface area contributed by atoms with Gasteiger partial charge in [-0.05, 0) is 69.9 Å². The molecule has 1 aliphatic carbocycles. The molecule has 2 aromatic carbocycles. The molecule has 2 unspecified atom stereocenters. The normalized spacial score (nSPS) is 22.0. The highest BCUT2D eigenvalue weighted by Crippen LogP contribution is 2.49. The van der Waals surface area contributed by atoms with Gasteiger partial charge in [0, 0.05) is 41.9 Å². The molecule has 3 aromatic rings. The van der Waals surface area contributed by atoms with Crippen LogP contribution in [0.25, 0.3) is 12.2 Å². The second kappa shape index (κ2) is 9.63. The number of carbonyl (C=O) groups is 1. The van der Waals surface area contributed by atoms with Gasteiger partial charge in [-0.2, -0.15) is 4.58 Å². The number of hydrogen-bond donors (Lipinski definition) is 1. The molecule has 3 aliphatic rings. The first-order chi connectivity index (χ1) is 18.7. The Hall–Kier alpha value is -3.45. The van der Waals surface area contributed by atoms with Crippen molar-refractivity contribution in [2.45, 2.75) is 70.9 Å². The van der Waals surface area contributed by atoms with E-state index in [1.54, 1.807) is 0 Å². The van der Waals surface area contributed by atoms with Crippen LogP contribution in [0.15, 0.2) is 47.3 Å². The fraction of sp³-hybridized carbons (Fsp3) is 0.406. The number of rotatable bonds is 6. The van der Waals surface area contributed by atoms with Crippen LogP contribution in [0.4, 0.5) is 11.4 Å². The number of hydrogen-bond acceptors (Lipinski definition) is 4. The SMILES string of the molecule is CCN1c2ccc(/C=c3/sc(=CC4=[N+](CC)c5ccccc5C4(C)C)n(CC(=O)O)c3=O)cc2C2CCCC21. The molecule has 0 spiro atoms. The molecule has 39 heavy (non-hydrogen) atoms. The molecular formula is C32H36N3O3S+. The lowest BCUT2D eigenvalue weighted by Gasteiger charge is -2.25.